The molecule has 0 radical (unpaired) electrons. The standard InChI is InChI=1S/C20H18O4/c1-2-6-17(7-3-1)23-18-8-4-5-16(13-18)14-19-9-10-20(24-19)15-21-11-12-22-20/h1-10,13-14H,11-12,15H2/b19-14-. The Hall–Kier alpha value is -2.56. The highest BCUT2D eigenvalue weighted by atomic mass is 16.7. The third kappa shape index (κ3) is 3.35. The second-order valence-electron chi connectivity index (χ2n) is 5.68. The Labute approximate surface area is 140 Å². The summed E-state index contributed by atoms with van der Waals surface area (Å²) in [6.45, 7) is 1.56. The van der Waals surface area contributed by atoms with Gasteiger partial charge in [0.1, 0.15) is 23.9 Å². The molecule has 0 bridgehead atoms. The molecule has 0 aromatic heterocycles. The van der Waals surface area contributed by atoms with E-state index >= 15 is 0 Å². The summed E-state index contributed by atoms with van der Waals surface area (Å²) in [5.41, 5.74) is 0.997. The van der Waals surface area contributed by atoms with Gasteiger partial charge in [-0.2, -0.15) is 0 Å². The third-order valence-electron chi connectivity index (χ3n) is 3.82. The molecule has 24 heavy (non-hydrogen) atoms. The summed E-state index contributed by atoms with van der Waals surface area (Å²) in [4.78, 5) is 0. The van der Waals surface area contributed by atoms with E-state index in [0.29, 0.717) is 19.8 Å². The molecule has 1 fully saturated rings. The number of allylic oxidation sites excluding steroid dienone is 1. The van der Waals surface area contributed by atoms with E-state index in [2.05, 4.69) is 0 Å². The highest BCUT2D eigenvalue weighted by Gasteiger charge is 2.37. The van der Waals surface area contributed by atoms with Gasteiger partial charge in [-0.15, -0.1) is 0 Å². The van der Waals surface area contributed by atoms with Crippen molar-refractivity contribution in [1.82, 2.24) is 0 Å². The molecule has 1 unspecified atom stereocenters. The molecule has 122 valence electrons. The van der Waals surface area contributed by atoms with E-state index in [4.69, 9.17) is 18.9 Å². The van der Waals surface area contributed by atoms with Crippen LogP contribution >= 0.6 is 0 Å². The van der Waals surface area contributed by atoms with Gasteiger partial charge in [-0.25, -0.2) is 0 Å². The summed E-state index contributed by atoms with van der Waals surface area (Å²) in [5.74, 6) is 1.58. The maximum Gasteiger partial charge on any atom is 0.254 e. The minimum absolute atomic E-state index is 0.415. The Morgan fingerprint density at radius 3 is 2.67 bits per heavy atom. The maximum atomic E-state index is 5.91. The average molecular weight is 322 g/mol. The normalized spacial score (nSPS) is 24.2. The van der Waals surface area contributed by atoms with Crippen molar-refractivity contribution >= 4 is 6.08 Å². The lowest BCUT2D eigenvalue weighted by molar-refractivity contribution is -0.239. The van der Waals surface area contributed by atoms with Crippen LogP contribution in [-0.4, -0.2) is 25.6 Å². The topological polar surface area (TPSA) is 36.9 Å². The van der Waals surface area contributed by atoms with E-state index in [1.807, 2.05) is 72.8 Å². The van der Waals surface area contributed by atoms with Gasteiger partial charge in [-0.3, -0.25) is 0 Å². The number of para-hydroxylation sites is 1. The molecule has 2 aromatic rings. The Kier molecular flexibility index (Phi) is 4.07. The maximum absolute atomic E-state index is 5.91. The summed E-state index contributed by atoms with van der Waals surface area (Å²) in [7, 11) is 0. The zero-order chi connectivity index (χ0) is 16.2. The highest BCUT2D eigenvalue weighted by Crippen LogP contribution is 2.31. The number of benzene rings is 2. The van der Waals surface area contributed by atoms with Crippen LogP contribution in [0.25, 0.3) is 6.08 Å². The van der Waals surface area contributed by atoms with Gasteiger partial charge in [-0.1, -0.05) is 30.3 Å². The average Bonchev–Trinajstić information content (AvgIpc) is 2.99. The smallest absolute Gasteiger partial charge is 0.254 e. The van der Waals surface area contributed by atoms with E-state index in [1.165, 1.54) is 0 Å². The zero-order valence-electron chi connectivity index (χ0n) is 13.2. The fourth-order valence-corrected chi connectivity index (χ4v) is 2.70. The van der Waals surface area contributed by atoms with Gasteiger partial charge in [0.05, 0.1) is 13.2 Å². The van der Waals surface area contributed by atoms with Gasteiger partial charge < -0.3 is 18.9 Å². The summed E-state index contributed by atoms with van der Waals surface area (Å²) < 4.78 is 22.9. The summed E-state index contributed by atoms with van der Waals surface area (Å²) >= 11 is 0. The predicted molar refractivity (Wildman–Crippen MR) is 90.7 cm³/mol. The molecule has 4 nitrogen and oxygen atoms in total. The van der Waals surface area contributed by atoms with Crippen LogP contribution in [0.2, 0.25) is 0 Å². The Bertz CT molecular complexity index is 758. The summed E-state index contributed by atoms with van der Waals surface area (Å²) in [5, 5.41) is 0. The van der Waals surface area contributed by atoms with Gasteiger partial charge in [0.2, 0.25) is 0 Å². The van der Waals surface area contributed by atoms with Crippen LogP contribution in [0.1, 0.15) is 5.56 Å². The molecule has 4 heteroatoms. The van der Waals surface area contributed by atoms with Gasteiger partial charge in [0.15, 0.2) is 0 Å². The van der Waals surface area contributed by atoms with Crippen molar-refractivity contribution < 1.29 is 18.9 Å². The van der Waals surface area contributed by atoms with Crippen LogP contribution in [-0.2, 0) is 14.2 Å². The monoisotopic (exact) mass is 322 g/mol. The van der Waals surface area contributed by atoms with Gasteiger partial charge >= 0.3 is 0 Å². The first-order chi connectivity index (χ1) is 11.8. The second kappa shape index (κ2) is 6.51. The van der Waals surface area contributed by atoms with Crippen LogP contribution in [0.3, 0.4) is 0 Å². The van der Waals surface area contributed by atoms with E-state index < -0.39 is 5.79 Å². The molecule has 2 aliphatic heterocycles. The largest absolute Gasteiger partial charge is 0.457 e. The predicted octanol–water partition coefficient (Wildman–Crippen LogP) is 4.15. The molecular formula is C20H18O4. The Morgan fingerprint density at radius 1 is 0.958 bits per heavy atom. The van der Waals surface area contributed by atoms with Crippen LogP contribution < -0.4 is 4.74 Å². The van der Waals surface area contributed by atoms with Crippen molar-refractivity contribution in [2.45, 2.75) is 5.79 Å². The van der Waals surface area contributed by atoms with Crippen LogP contribution in [0.4, 0.5) is 0 Å². The molecule has 2 aromatic carbocycles. The molecule has 2 heterocycles. The van der Waals surface area contributed by atoms with E-state index in [1.54, 1.807) is 0 Å². The minimum atomic E-state index is -0.762. The van der Waals surface area contributed by atoms with Gasteiger partial charge in [0.25, 0.3) is 5.79 Å². The van der Waals surface area contributed by atoms with E-state index in [-0.39, 0.29) is 0 Å². The number of hydrogen-bond acceptors (Lipinski definition) is 4. The van der Waals surface area contributed by atoms with Crippen molar-refractivity contribution in [2.75, 3.05) is 19.8 Å². The molecule has 0 saturated carbocycles. The lowest BCUT2D eigenvalue weighted by Crippen LogP contribution is -2.41. The number of rotatable bonds is 3. The Balaban J connectivity index is 1.49. The van der Waals surface area contributed by atoms with Crippen molar-refractivity contribution in [3.63, 3.8) is 0 Å². The summed E-state index contributed by atoms with van der Waals surface area (Å²) in [6, 6.07) is 17.6. The lowest BCUT2D eigenvalue weighted by atomic mass is 10.2. The third-order valence-corrected chi connectivity index (χ3v) is 3.82. The first-order valence-corrected chi connectivity index (χ1v) is 7.96. The van der Waals surface area contributed by atoms with E-state index in [0.717, 1.165) is 22.8 Å². The number of ether oxygens (including phenoxy) is 4. The summed E-state index contributed by atoms with van der Waals surface area (Å²) in [6.07, 6.45) is 5.78. The van der Waals surface area contributed by atoms with Crippen molar-refractivity contribution in [3.05, 3.63) is 78.1 Å². The molecule has 0 aliphatic carbocycles. The van der Waals surface area contributed by atoms with Crippen LogP contribution in [0.15, 0.2) is 72.5 Å². The number of hydrogen-bond donors (Lipinski definition) is 0. The quantitative estimate of drug-likeness (QED) is 0.851. The lowest BCUT2D eigenvalue weighted by Gasteiger charge is -2.31. The van der Waals surface area contributed by atoms with Crippen molar-refractivity contribution in [2.24, 2.45) is 0 Å². The van der Waals surface area contributed by atoms with Crippen LogP contribution in [0, 0.1) is 0 Å². The SMILES string of the molecule is C1=CC2(COCCO2)O/C1=C\c1cccc(Oc2ccccc2)c1. The fourth-order valence-electron chi connectivity index (χ4n) is 2.70. The van der Waals surface area contributed by atoms with Crippen molar-refractivity contribution in [3.8, 4) is 11.5 Å². The Morgan fingerprint density at radius 2 is 1.83 bits per heavy atom. The van der Waals surface area contributed by atoms with Crippen LogP contribution in [0.5, 0.6) is 11.5 Å². The molecule has 1 atom stereocenters. The van der Waals surface area contributed by atoms with Gasteiger partial charge in [-0.05, 0) is 48.1 Å². The molecule has 4 rings (SSSR count). The molecule has 0 N–H and O–H groups in total. The fraction of sp³-hybridized carbons (Fsp3) is 0.200. The highest BCUT2D eigenvalue weighted by molar-refractivity contribution is 5.57. The first-order valence-electron chi connectivity index (χ1n) is 7.96. The van der Waals surface area contributed by atoms with Gasteiger partial charge in [0, 0.05) is 0 Å². The van der Waals surface area contributed by atoms with E-state index in [9.17, 15) is 0 Å². The minimum Gasteiger partial charge on any atom is -0.457 e. The second-order valence-corrected chi connectivity index (χ2v) is 5.68. The molecule has 2 aliphatic rings. The molecule has 1 spiro atoms. The van der Waals surface area contributed by atoms with Crippen molar-refractivity contribution in [1.29, 1.82) is 0 Å². The molecule has 0 amide bonds. The molecule has 1 saturated heterocycles. The molecular weight excluding hydrogens is 304 g/mol. The first kappa shape index (κ1) is 15.0. The zero-order valence-corrected chi connectivity index (χ0v) is 13.2.